The third-order valence-electron chi connectivity index (χ3n) is 2.59. The predicted molar refractivity (Wildman–Crippen MR) is 72.9 cm³/mol. The Balaban J connectivity index is 2.98. The van der Waals surface area contributed by atoms with Crippen LogP contribution in [0.2, 0.25) is 10.0 Å². The molecule has 0 aliphatic heterocycles. The molecule has 0 aliphatic carbocycles. The number of hydrogen-bond donors (Lipinski definition) is 1. The lowest BCUT2D eigenvalue weighted by atomic mass is 10.1. The van der Waals surface area contributed by atoms with Crippen molar-refractivity contribution in [1.82, 2.24) is 4.90 Å². The van der Waals surface area contributed by atoms with E-state index in [-0.39, 0.29) is 19.1 Å². The molecule has 0 bridgehead atoms. The summed E-state index contributed by atoms with van der Waals surface area (Å²) in [5.41, 5.74) is 0.803. The zero-order valence-electron chi connectivity index (χ0n) is 9.86. The van der Waals surface area contributed by atoms with Crippen LogP contribution in [0.5, 0.6) is 0 Å². The van der Waals surface area contributed by atoms with Crippen molar-refractivity contribution >= 4 is 29.2 Å². The number of nitrogens with zero attached hydrogens (tertiary/aromatic N) is 1. The summed E-state index contributed by atoms with van der Waals surface area (Å²) in [5.74, 6) is 1.52. The molecule has 0 aliphatic rings. The summed E-state index contributed by atoms with van der Waals surface area (Å²) < 4.78 is 0. The molecule has 3 nitrogen and oxygen atoms in total. The molecule has 0 aromatic heterocycles. The van der Waals surface area contributed by atoms with Gasteiger partial charge in [0.05, 0.1) is 13.1 Å². The van der Waals surface area contributed by atoms with Crippen molar-refractivity contribution in [3.63, 3.8) is 0 Å². The van der Waals surface area contributed by atoms with E-state index < -0.39 is 5.97 Å². The maximum Gasteiger partial charge on any atom is 0.317 e. The van der Waals surface area contributed by atoms with Gasteiger partial charge in [0.25, 0.3) is 0 Å². The van der Waals surface area contributed by atoms with Crippen molar-refractivity contribution in [2.75, 3.05) is 13.1 Å². The van der Waals surface area contributed by atoms with Crippen molar-refractivity contribution in [3.05, 3.63) is 33.8 Å². The first-order valence-corrected chi connectivity index (χ1v) is 6.05. The standard InChI is InChI=1S/C13H13Cl2NO2/c1-3-6-16(8-13(17)18)9(2)11-5-4-10(14)7-12(11)15/h1,4-5,7,9H,6,8H2,2H3,(H,17,18). The number of terminal acetylenes is 1. The zero-order chi connectivity index (χ0) is 13.7. The fourth-order valence-corrected chi connectivity index (χ4v) is 2.22. The first-order valence-electron chi connectivity index (χ1n) is 5.30. The maximum absolute atomic E-state index is 10.8. The molecule has 0 spiro atoms. The molecule has 1 N–H and O–H groups in total. The molecule has 0 saturated heterocycles. The van der Waals surface area contributed by atoms with Crippen LogP contribution in [0.25, 0.3) is 0 Å². The van der Waals surface area contributed by atoms with E-state index >= 15 is 0 Å². The molecule has 18 heavy (non-hydrogen) atoms. The number of carboxylic acids is 1. The first kappa shape index (κ1) is 14.8. The highest BCUT2D eigenvalue weighted by atomic mass is 35.5. The van der Waals surface area contributed by atoms with Gasteiger partial charge < -0.3 is 5.11 Å². The third kappa shape index (κ3) is 3.92. The lowest BCUT2D eigenvalue weighted by molar-refractivity contribution is -0.138. The minimum absolute atomic E-state index is 0.135. The predicted octanol–water partition coefficient (Wildman–Crippen LogP) is 3.07. The summed E-state index contributed by atoms with van der Waals surface area (Å²) in [4.78, 5) is 12.4. The number of benzene rings is 1. The maximum atomic E-state index is 10.8. The van der Waals surface area contributed by atoms with Gasteiger partial charge in [-0.2, -0.15) is 0 Å². The molecule has 0 radical (unpaired) electrons. The Morgan fingerprint density at radius 3 is 2.72 bits per heavy atom. The van der Waals surface area contributed by atoms with E-state index in [1.807, 2.05) is 6.92 Å². The van der Waals surface area contributed by atoms with Crippen LogP contribution in [0, 0.1) is 12.3 Å². The van der Waals surface area contributed by atoms with Gasteiger partial charge in [-0.15, -0.1) is 6.42 Å². The van der Waals surface area contributed by atoms with Crippen LogP contribution >= 0.6 is 23.2 Å². The summed E-state index contributed by atoms with van der Waals surface area (Å²) in [6.45, 7) is 1.96. The van der Waals surface area contributed by atoms with Gasteiger partial charge in [-0.25, -0.2) is 0 Å². The highest BCUT2D eigenvalue weighted by Gasteiger charge is 2.19. The van der Waals surface area contributed by atoms with Crippen LogP contribution in [0.3, 0.4) is 0 Å². The van der Waals surface area contributed by atoms with Crippen LogP contribution in [-0.2, 0) is 4.79 Å². The topological polar surface area (TPSA) is 40.5 Å². The average Bonchev–Trinajstić information content (AvgIpc) is 2.27. The van der Waals surface area contributed by atoms with E-state index in [0.29, 0.717) is 10.0 Å². The first-order chi connectivity index (χ1) is 8.45. The fourth-order valence-electron chi connectivity index (χ4n) is 1.66. The summed E-state index contributed by atoms with van der Waals surface area (Å²) in [5, 5.41) is 9.90. The number of hydrogen-bond acceptors (Lipinski definition) is 2. The largest absolute Gasteiger partial charge is 0.480 e. The van der Waals surface area contributed by atoms with Gasteiger partial charge in [0, 0.05) is 16.1 Å². The van der Waals surface area contributed by atoms with E-state index in [1.54, 1.807) is 23.1 Å². The van der Waals surface area contributed by atoms with Crippen LogP contribution in [-0.4, -0.2) is 29.1 Å². The molecule has 0 heterocycles. The second-order valence-corrected chi connectivity index (χ2v) is 4.69. The molecule has 1 aromatic rings. The highest BCUT2D eigenvalue weighted by molar-refractivity contribution is 6.35. The molecule has 1 aromatic carbocycles. The van der Waals surface area contributed by atoms with E-state index in [4.69, 9.17) is 34.7 Å². The molecule has 96 valence electrons. The van der Waals surface area contributed by atoms with Crippen molar-refractivity contribution in [2.24, 2.45) is 0 Å². The smallest absolute Gasteiger partial charge is 0.317 e. The normalized spacial score (nSPS) is 12.2. The van der Waals surface area contributed by atoms with E-state index in [1.165, 1.54) is 0 Å². The molecule has 1 rings (SSSR count). The van der Waals surface area contributed by atoms with Gasteiger partial charge >= 0.3 is 5.97 Å². The molecule has 5 heteroatoms. The van der Waals surface area contributed by atoms with Crippen molar-refractivity contribution in [2.45, 2.75) is 13.0 Å². The highest BCUT2D eigenvalue weighted by Crippen LogP contribution is 2.29. The van der Waals surface area contributed by atoms with Gasteiger partial charge in [-0.05, 0) is 24.6 Å². The molecular weight excluding hydrogens is 273 g/mol. The number of carboxylic acid groups (broad SMARTS) is 1. The van der Waals surface area contributed by atoms with Crippen molar-refractivity contribution in [3.8, 4) is 12.3 Å². The summed E-state index contributed by atoms with van der Waals surface area (Å²) in [6.07, 6.45) is 5.24. The van der Waals surface area contributed by atoms with Crippen molar-refractivity contribution < 1.29 is 9.90 Å². The van der Waals surface area contributed by atoms with E-state index in [9.17, 15) is 4.79 Å². The Labute approximate surface area is 116 Å². The van der Waals surface area contributed by atoms with Gasteiger partial charge in [-0.1, -0.05) is 35.2 Å². The van der Waals surface area contributed by atoms with Crippen LogP contribution in [0.1, 0.15) is 18.5 Å². The monoisotopic (exact) mass is 285 g/mol. The molecule has 0 amide bonds. The Morgan fingerprint density at radius 2 is 2.22 bits per heavy atom. The molecular formula is C13H13Cl2NO2. The number of carbonyl (C=O) groups is 1. The number of aliphatic carboxylic acids is 1. The Bertz CT molecular complexity index is 482. The SMILES string of the molecule is C#CCN(CC(=O)O)C(C)c1ccc(Cl)cc1Cl. The van der Waals surface area contributed by atoms with Crippen LogP contribution < -0.4 is 0 Å². The van der Waals surface area contributed by atoms with Crippen LogP contribution in [0.4, 0.5) is 0 Å². The minimum atomic E-state index is -0.929. The molecule has 0 fully saturated rings. The third-order valence-corrected chi connectivity index (χ3v) is 3.16. The lowest BCUT2D eigenvalue weighted by Gasteiger charge is -2.26. The Morgan fingerprint density at radius 1 is 1.56 bits per heavy atom. The van der Waals surface area contributed by atoms with Crippen molar-refractivity contribution in [1.29, 1.82) is 0 Å². The van der Waals surface area contributed by atoms with Gasteiger partial charge in [-0.3, -0.25) is 9.69 Å². The number of rotatable bonds is 5. The second-order valence-electron chi connectivity index (χ2n) is 3.84. The summed E-state index contributed by atoms with van der Waals surface area (Å²) in [7, 11) is 0. The molecule has 1 atom stereocenters. The minimum Gasteiger partial charge on any atom is -0.480 e. The Hall–Kier alpha value is -1.21. The summed E-state index contributed by atoms with van der Waals surface area (Å²) >= 11 is 11.9. The van der Waals surface area contributed by atoms with Gasteiger partial charge in [0.2, 0.25) is 0 Å². The second kappa shape index (κ2) is 6.65. The van der Waals surface area contributed by atoms with Crippen LogP contribution in [0.15, 0.2) is 18.2 Å². The van der Waals surface area contributed by atoms with E-state index in [0.717, 1.165) is 5.56 Å². The van der Waals surface area contributed by atoms with E-state index in [2.05, 4.69) is 5.92 Å². The molecule has 1 unspecified atom stereocenters. The average molecular weight is 286 g/mol. The lowest BCUT2D eigenvalue weighted by Crippen LogP contribution is -2.32. The van der Waals surface area contributed by atoms with Gasteiger partial charge in [0.1, 0.15) is 0 Å². The Kier molecular flexibility index (Phi) is 5.49. The summed E-state index contributed by atoms with van der Waals surface area (Å²) in [6, 6.07) is 4.93. The fraction of sp³-hybridized carbons (Fsp3) is 0.308. The zero-order valence-corrected chi connectivity index (χ0v) is 11.4. The molecule has 0 saturated carbocycles. The number of halogens is 2. The van der Waals surface area contributed by atoms with Gasteiger partial charge in [0.15, 0.2) is 0 Å². The quantitative estimate of drug-likeness (QED) is 0.846.